The Morgan fingerprint density at radius 2 is 2.24 bits per heavy atom. The third-order valence-corrected chi connectivity index (χ3v) is 4.83. The van der Waals surface area contributed by atoms with Crippen molar-refractivity contribution in [1.82, 2.24) is 10.2 Å². The summed E-state index contributed by atoms with van der Waals surface area (Å²) in [5.41, 5.74) is 1.28. The van der Waals surface area contributed by atoms with Crippen LogP contribution in [0.15, 0.2) is 22.7 Å². The maximum Gasteiger partial charge on any atom is 0.133 e. The van der Waals surface area contributed by atoms with E-state index in [9.17, 15) is 0 Å². The van der Waals surface area contributed by atoms with Gasteiger partial charge in [0.25, 0.3) is 0 Å². The molecule has 1 N–H and O–H groups in total. The summed E-state index contributed by atoms with van der Waals surface area (Å²) in [6.45, 7) is 6.04. The quantitative estimate of drug-likeness (QED) is 0.805. The fourth-order valence-electron chi connectivity index (χ4n) is 2.85. The number of nitrogens with one attached hydrogen (secondary N) is 1. The highest BCUT2D eigenvalue weighted by Gasteiger charge is 2.18. The Hall–Kier alpha value is -0.580. The number of ether oxygens (including phenoxy) is 1. The largest absolute Gasteiger partial charge is 0.492 e. The standard InChI is InChI=1S/C17H27BrN2O/c1-3-19-13-14-7-8-17(16(18)12-14)21-11-9-15-6-4-5-10-20(15)2/h7-8,12,15,19H,3-6,9-11,13H2,1-2H3. The number of piperidine rings is 1. The second-order valence-corrected chi connectivity index (χ2v) is 6.67. The number of rotatable bonds is 7. The van der Waals surface area contributed by atoms with E-state index in [1.807, 2.05) is 0 Å². The summed E-state index contributed by atoms with van der Waals surface area (Å²) >= 11 is 3.61. The Morgan fingerprint density at radius 1 is 1.38 bits per heavy atom. The van der Waals surface area contributed by atoms with Crippen LogP contribution in [0, 0.1) is 0 Å². The Morgan fingerprint density at radius 3 is 2.95 bits per heavy atom. The van der Waals surface area contributed by atoms with E-state index in [1.54, 1.807) is 0 Å². The smallest absolute Gasteiger partial charge is 0.133 e. The molecule has 21 heavy (non-hydrogen) atoms. The summed E-state index contributed by atoms with van der Waals surface area (Å²) < 4.78 is 7.00. The SMILES string of the molecule is CCNCc1ccc(OCCC2CCCCN2C)c(Br)c1. The molecule has 0 radical (unpaired) electrons. The topological polar surface area (TPSA) is 24.5 Å². The van der Waals surface area contributed by atoms with Gasteiger partial charge in [-0.3, -0.25) is 0 Å². The third kappa shape index (κ3) is 5.28. The van der Waals surface area contributed by atoms with Crippen LogP contribution in [0.4, 0.5) is 0 Å². The van der Waals surface area contributed by atoms with Crippen LogP contribution in [0.2, 0.25) is 0 Å². The molecule has 1 heterocycles. The van der Waals surface area contributed by atoms with Gasteiger partial charge in [0.2, 0.25) is 0 Å². The molecule has 2 rings (SSSR count). The first-order valence-electron chi connectivity index (χ1n) is 8.03. The van der Waals surface area contributed by atoms with Crippen LogP contribution in [0.1, 0.15) is 38.2 Å². The molecule has 0 spiro atoms. The number of likely N-dealkylation sites (tertiary alicyclic amines) is 1. The molecule has 1 unspecified atom stereocenters. The molecule has 0 saturated carbocycles. The Balaban J connectivity index is 1.80. The van der Waals surface area contributed by atoms with Crippen LogP contribution in [0.5, 0.6) is 5.75 Å². The Kier molecular flexibility index (Phi) is 7.00. The summed E-state index contributed by atoms with van der Waals surface area (Å²) in [5, 5.41) is 3.34. The highest BCUT2D eigenvalue weighted by Crippen LogP contribution is 2.27. The van der Waals surface area contributed by atoms with E-state index in [0.29, 0.717) is 6.04 Å². The lowest BCUT2D eigenvalue weighted by atomic mass is 10.0. The molecule has 1 aliphatic rings. The molecule has 4 heteroatoms. The zero-order valence-electron chi connectivity index (χ0n) is 13.2. The van der Waals surface area contributed by atoms with E-state index in [4.69, 9.17) is 4.74 Å². The molecule has 1 aromatic carbocycles. The molecular formula is C17H27BrN2O. The monoisotopic (exact) mass is 354 g/mol. The summed E-state index contributed by atoms with van der Waals surface area (Å²) in [6, 6.07) is 7.03. The summed E-state index contributed by atoms with van der Waals surface area (Å²) in [5.74, 6) is 0.953. The first-order chi connectivity index (χ1) is 10.2. The van der Waals surface area contributed by atoms with Gasteiger partial charge in [0, 0.05) is 12.6 Å². The van der Waals surface area contributed by atoms with E-state index in [-0.39, 0.29) is 0 Å². The minimum atomic E-state index is 0.686. The van der Waals surface area contributed by atoms with Crippen molar-refractivity contribution in [2.45, 2.75) is 45.2 Å². The van der Waals surface area contributed by atoms with Gasteiger partial charge in [0.15, 0.2) is 0 Å². The van der Waals surface area contributed by atoms with Crippen LogP contribution >= 0.6 is 15.9 Å². The molecule has 1 atom stereocenters. The highest BCUT2D eigenvalue weighted by atomic mass is 79.9. The summed E-state index contributed by atoms with van der Waals surface area (Å²) in [7, 11) is 2.23. The van der Waals surface area contributed by atoms with Gasteiger partial charge in [-0.2, -0.15) is 0 Å². The molecule has 3 nitrogen and oxygen atoms in total. The molecule has 1 fully saturated rings. The van der Waals surface area contributed by atoms with Gasteiger partial charge in [0.1, 0.15) is 5.75 Å². The van der Waals surface area contributed by atoms with Crippen LogP contribution in [0.3, 0.4) is 0 Å². The molecule has 0 aromatic heterocycles. The lowest BCUT2D eigenvalue weighted by molar-refractivity contribution is 0.153. The summed E-state index contributed by atoms with van der Waals surface area (Å²) in [6.07, 6.45) is 5.12. The van der Waals surface area contributed by atoms with Gasteiger partial charge in [0.05, 0.1) is 11.1 Å². The molecule has 0 aliphatic carbocycles. The van der Waals surface area contributed by atoms with Crippen LogP contribution < -0.4 is 10.1 Å². The number of benzene rings is 1. The van der Waals surface area contributed by atoms with Crippen molar-refractivity contribution in [3.63, 3.8) is 0 Å². The minimum Gasteiger partial charge on any atom is -0.492 e. The van der Waals surface area contributed by atoms with Gasteiger partial charge < -0.3 is 15.0 Å². The number of nitrogens with zero attached hydrogens (tertiary/aromatic N) is 1. The molecule has 1 aromatic rings. The van der Waals surface area contributed by atoms with Gasteiger partial charge in [-0.05, 0) is 73.0 Å². The lowest BCUT2D eigenvalue weighted by Gasteiger charge is -2.32. The normalized spacial score (nSPS) is 19.7. The van der Waals surface area contributed by atoms with Gasteiger partial charge in [-0.15, -0.1) is 0 Å². The molecule has 1 saturated heterocycles. The van der Waals surface area contributed by atoms with Crippen molar-refractivity contribution in [3.8, 4) is 5.75 Å². The number of hydrogen-bond donors (Lipinski definition) is 1. The predicted molar refractivity (Wildman–Crippen MR) is 91.9 cm³/mol. The molecule has 118 valence electrons. The molecular weight excluding hydrogens is 328 g/mol. The highest BCUT2D eigenvalue weighted by molar-refractivity contribution is 9.10. The van der Waals surface area contributed by atoms with Crippen LogP contribution in [0.25, 0.3) is 0 Å². The first-order valence-corrected chi connectivity index (χ1v) is 8.82. The Bertz CT molecular complexity index is 439. The first kappa shape index (κ1) is 16.8. The zero-order chi connectivity index (χ0) is 15.1. The van der Waals surface area contributed by atoms with E-state index in [2.05, 4.69) is 58.3 Å². The van der Waals surface area contributed by atoms with Crippen LogP contribution in [-0.4, -0.2) is 37.7 Å². The van der Waals surface area contributed by atoms with Crippen molar-refractivity contribution in [2.75, 3.05) is 26.7 Å². The summed E-state index contributed by atoms with van der Waals surface area (Å²) in [4.78, 5) is 2.47. The number of halogens is 1. The maximum atomic E-state index is 5.95. The van der Waals surface area contributed by atoms with Crippen molar-refractivity contribution >= 4 is 15.9 Å². The van der Waals surface area contributed by atoms with Gasteiger partial charge in [-0.25, -0.2) is 0 Å². The minimum absolute atomic E-state index is 0.686. The fraction of sp³-hybridized carbons (Fsp3) is 0.647. The van der Waals surface area contributed by atoms with E-state index in [1.165, 1.54) is 31.4 Å². The van der Waals surface area contributed by atoms with Gasteiger partial charge in [-0.1, -0.05) is 19.4 Å². The fourth-order valence-corrected chi connectivity index (χ4v) is 3.40. The van der Waals surface area contributed by atoms with Crippen molar-refractivity contribution in [3.05, 3.63) is 28.2 Å². The predicted octanol–water partition coefficient (Wildman–Crippen LogP) is 3.81. The van der Waals surface area contributed by atoms with Crippen LogP contribution in [-0.2, 0) is 6.54 Å². The Labute approximate surface area is 137 Å². The van der Waals surface area contributed by atoms with Crippen molar-refractivity contribution < 1.29 is 4.74 Å². The average molecular weight is 355 g/mol. The second-order valence-electron chi connectivity index (χ2n) is 5.81. The molecule has 0 amide bonds. The molecule has 1 aliphatic heterocycles. The van der Waals surface area contributed by atoms with Crippen molar-refractivity contribution in [1.29, 1.82) is 0 Å². The van der Waals surface area contributed by atoms with E-state index < -0.39 is 0 Å². The zero-order valence-corrected chi connectivity index (χ0v) is 14.8. The number of hydrogen-bond acceptors (Lipinski definition) is 3. The van der Waals surface area contributed by atoms with E-state index >= 15 is 0 Å². The van der Waals surface area contributed by atoms with E-state index in [0.717, 1.165) is 36.3 Å². The lowest BCUT2D eigenvalue weighted by Crippen LogP contribution is -2.37. The van der Waals surface area contributed by atoms with Gasteiger partial charge >= 0.3 is 0 Å². The van der Waals surface area contributed by atoms with Crippen molar-refractivity contribution in [2.24, 2.45) is 0 Å². The second kappa shape index (κ2) is 8.76. The maximum absolute atomic E-state index is 5.95. The average Bonchev–Trinajstić information content (AvgIpc) is 2.49. The molecule has 0 bridgehead atoms. The third-order valence-electron chi connectivity index (χ3n) is 4.21.